The average Bonchev–Trinajstić information content (AvgIpc) is 2.41. The molecule has 0 unspecified atom stereocenters. The molecule has 0 aliphatic rings. The average molecular weight is 295 g/mol. The lowest BCUT2D eigenvalue weighted by Gasteiger charge is -2.05. The van der Waals surface area contributed by atoms with E-state index >= 15 is 0 Å². The molecule has 1 aromatic heterocycles. The molecule has 0 amide bonds. The zero-order valence-electron chi connectivity index (χ0n) is 10.5. The van der Waals surface area contributed by atoms with Crippen molar-refractivity contribution in [3.05, 3.63) is 51.3 Å². The van der Waals surface area contributed by atoms with E-state index in [2.05, 4.69) is 15.3 Å². The van der Waals surface area contributed by atoms with E-state index in [9.17, 15) is 10.1 Å². The number of nitrogens with one attached hydrogen (secondary N) is 1. The zero-order chi connectivity index (χ0) is 14.5. The summed E-state index contributed by atoms with van der Waals surface area (Å²) < 4.78 is 5.38. The van der Waals surface area contributed by atoms with Gasteiger partial charge in [-0.15, -0.1) is 0 Å². The highest BCUT2D eigenvalue weighted by molar-refractivity contribution is 6.32. The van der Waals surface area contributed by atoms with Gasteiger partial charge in [-0.05, 0) is 13.1 Å². The second-order valence-electron chi connectivity index (χ2n) is 3.88. The van der Waals surface area contributed by atoms with Crippen LogP contribution in [0.1, 0.15) is 5.56 Å². The SMILES string of the molecule is CNCc1cnc(Oc2ccc([N+](=O)[O-])c(Cl)c2)nc1. The van der Waals surface area contributed by atoms with Gasteiger partial charge in [0.15, 0.2) is 0 Å². The first-order chi connectivity index (χ1) is 9.60. The molecule has 0 aliphatic carbocycles. The van der Waals surface area contributed by atoms with Gasteiger partial charge in [0.25, 0.3) is 5.69 Å². The van der Waals surface area contributed by atoms with Gasteiger partial charge in [-0.2, -0.15) is 0 Å². The predicted octanol–water partition coefficient (Wildman–Crippen LogP) is 2.55. The molecule has 0 saturated carbocycles. The Balaban J connectivity index is 2.13. The van der Waals surface area contributed by atoms with Crippen LogP contribution in [0.2, 0.25) is 5.02 Å². The molecule has 7 nitrogen and oxygen atoms in total. The van der Waals surface area contributed by atoms with Gasteiger partial charge >= 0.3 is 6.01 Å². The smallest absolute Gasteiger partial charge is 0.321 e. The highest BCUT2D eigenvalue weighted by Crippen LogP contribution is 2.29. The fraction of sp³-hybridized carbons (Fsp3) is 0.167. The van der Waals surface area contributed by atoms with Crippen LogP contribution in [0.25, 0.3) is 0 Å². The third kappa shape index (κ3) is 3.40. The van der Waals surface area contributed by atoms with Crippen molar-refractivity contribution < 1.29 is 9.66 Å². The van der Waals surface area contributed by atoms with E-state index < -0.39 is 4.92 Å². The first kappa shape index (κ1) is 14.2. The van der Waals surface area contributed by atoms with Crippen molar-refractivity contribution in [3.63, 3.8) is 0 Å². The molecule has 0 atom stereocenters. The van der Waals surface area contributed by atoms with Gasteiger partial charge in [-0.25, -0.2) is 9.97 Å². The largest absolute Gasteiger partial charge is 0.424 e. The van der Waals surface area contributed by atoms with E-state index in [0.717, 1.165) is 5.56 Å². The van der Waals surface area contributed by atoms with Gasteiger partial charge in [0.05, 0.1) is 4.92 Å². The number of nitro groups is 1. The summed E-state index contributed by atoms with van der Waals surface area (Å²) in [5.74, 6) is 0.335. The molecule has 0 radical (unpaired) electrons. The highest BCUT2D eigenvalue weighted by Gasteiger charge is 2.13. The first-order valence-corrected chi connectivity index (χ1v) is 6.05. The van der Waals surface area contributed by atoms with E-state index in [4.69, 9.17) is 16.3 Å². The lowest BCUT2D eigenvalue weighted by atomic mass is 10.3. The number of aromatic nitrogens is 2. The van der Waals surface area contributed by atoms with Crippen molar-refractivity contribution >= 4 is 17.3 Å². The van der Waals surface area contributed by atoms with Crippen molar-refractivity contribution in [2.24, 2.45) is 0 Å². The van der Waals surface area contributed by atoms with Crippen LogP contribution in [-0.2, 0) is 6.54 Å². The highest BCUT2D eigenvalue weighted by atomic mass is 35.5. The molecule has 104 valence electrons. The number of nitrogens with zero attached hydrogens (tertiary/aromatic N) is 3. The molecule has 2 rings (SSSR count). The number of ether oxygens (including phenoxy) is 1. The van der Waals surface area contributed by atoms with Crippen LogP contribution in [0.3, 0.4) is 0 Å². The molecule has 0 aliphatic heterocycles. The number of halogens is 1. The second kappa shape index (κ2) is 6.27. The van der Waals surface area contributed by atoms with E-state index in [1.54, 1.807) is 12.4 Å². The van der Waals surface area contributed by atoms with Gasteiger partial charge < -0.3 is 10.1 Å². The summed E-state index contributed by atoms with van der Waals surface area (Å²) in [4.78, 5) is 18.1. The van der Waals surface area contributed by atoms with Crippen molar-refractivity contribution in [2.75, 3.05) is 7.05 Å². The van der Waals surface area contributed by atoms with Crippen molar-refractivity contribution in [2.45, 2.75) is 6.54 Å². The van der Waals surface area contributed by atoms with Crippen molar-refractivity contribution in [1.82, 2.24) is 15.3 Å². The van der Waals surface area contributed by atoms with Gasteiger partial charge in [0.1, 0.15) is 10.8 Å². The number of nitro benzene ring substituents is 1. The fourth-order valence-electron chi connectivity index (χ4n) is 1.50. The normalized spacial score (nSPS) is 10.3. The third-order valence-electron chi connectivity index (χ3n) is 2.39. The van der Waals surface area contributed by atoms with E-state index in [1.807, 2.05) is 7.05 Å². The summed E-state index contributed by atoms with van der Waals surface area (Å²) in [7, 11) is 1.82. The quantitative estimate of drug-likeness (QED) is 0.673. The Hall–Kier alpha value is -2.25. The Bertz CT molecular complexity index is 619. The minimum absolute atomic E-state index is 0.000645. The van der Waals surface area contributed by atoms with E-state index in [0.29, 0.717) is 12.3 Å². The monoisotopic (exact) mass is 294 g/mol. The maximum absolute atomic E-state index is 10.6. The van der Waals surface area contributed by atoms with Crippen LogP contribution in [0.5, 0.6) is 11.8 Å². The zero-order valence-corrected chi connectivity index (χ0v) is 11.3. The summed E-state index contributed by atoms with van der Waals surface area (Å²) in [5, 5.41) is 13.6. The molecule has 1 heterocycles. The topological polar surface area (TPSA) is 90.2 Å². The van der Waals surface area contributed by atoms with Crippen LogP contribution in [-0.4, -0.2) is 21.9 Å². The molecular weight excluding hydrogens is 284 g/mol. The predicted molar refractivity (Wildman–Crippen MR) is 73.0 cm³/mol. The Morgan fingerprint density at radius 3 is 2.65 bits per heavy atom. The van der Waals surface area contributed by atoms with Gasteiger partial charge in [-0.3, -0.25) is 10.1 Å². The summed E-state index contributed by atoms with van der Waals surface area (Å²) in [6.07, 6.45) is 3.26. The number of benzene rings is 1. The molecule has 1 aromatic carbocycles. The minimum Gasteiger partial charge on any atom is -0.424 e. The third-order valence-corrected chi connectivity index (χ3v) is 2.69. The number of hydrogen-bond acceptors (Lipinski definition) is 6. The van der Waals surface area contributed by atoms with Gasteiger partial charge in [0.2, 0.25) is 0 Å². The first-order valence-electron chi connectivity index (χ1n) is 5.67. The molecule has 2 aromatic rings. The summed E-state index contributed by atoms with van der Waals surface area (Å²) in [6, 6.07) is 4.21. The molecule has 1 N–H and O–H groups in total. The maximum atomic E-state index is 10.6. The van der Waals surface area contributed by atoms with Crippen LogP contribution < -0.4 is 10.1 Å². The number of rotatable bonds is 5. The summed E-state index contributed by atoms with van der Waals surface area (Å²) >= 11 is 5.79. The van der Waals surface area contributed by atoms with Crippen LogP contribution in [0, 0.1) is 10.1 Å². The van der Waals surface area contributed by atoms with Crippen LogP contribution in [0.15, 0.2) is 30.6 Å². The Kier molecular flexibility index (Phi) is 4.44. The number of hydrogen-bond donors (Lipinski definition) is 1. The van der Waals surface area contributed by atoms with E-state index in [-0.39, 0.29) is 16.7 Å². The lowest BCUT2D eigenvalue weighted by Crippen LogP contribution is -2.06. The molecular formula is C12H11ClN4O3. The molecule has 20 heavy (non-hydrogen) atoms. The molecule has 0 saturated heterocycles. The van der Waals surface area contributed by atoms with Crippen LogP contribution in [0.4, 0.5) is 5.69 Å². The standard InChI is InChI=1S/C12H11ClN4O3/c1-14-5-8-6-15-12(16-7-8)20-9-2-3-11(17(18)19)10(13)4-9/h2-4,6-7,14H,5H2,1H3. The Morgan fingerprint density at radius 2 is 2.10 bits per heavy atom. The molecule has 8 heteroatoms. The molecule has 0 spiro atoms. The molecule has 0 fully saturated rings. The van der Waals surface area contributed by atoms with Crippen molar-refractivity contribution in [1.29, 1.82) is 0 Å². The van der Waals surface area contributed by atoms with Crippen molar-refractivity contribution in [3.8, 4) is 11.8 Å². The van der Waals surface area contributed by atoms with Gasteiger partial charge in [0, 0.05) is 36.6 Å². The summed E-state index contributed by atoms with van der Waals surface area (Å²) in [5.41, 5.74) is 0.742. The fourth-order valence-corrected chi connectivity index (χ4v) is 1.74. The Morgan fingerprint density at radius 1 is 1.40 bits per heavy atom. The summed E-state index contributed by atoms with van der Waals surface area (Å²) in [6.45, 7) is 0.656. The molecule has 0 bridgehead atoms. The lowest BCUT2D eigenvalue weighted by molar-refractivity contribution is -0.384. The van der Waals surface area contributed by atoms with Gasteiger partial charge in [-0.1, -0.05) is 11.6 Å². The van der Waals surface area contributed by atoms with Crippen LogP contribution >= 0.6 is 11.6 Å². The Labute approximate surface area is 119 Å². The maximum Gasteiger partial charge on any atom is 0.321 e. The van der Waals surface area contributed by atoms with E-state index in [1.165, 1.54) is 18.2 Å². The second-order valence-corrected chi connectivity index (χ2v) is 4.28. The minimum atomic E-state index is -0.560.